The molecule has 0 bridgehead atoms. The summed E-state index contributed by atoms with van der Waals surface area (Å²) in [6.45, 7) is 0. The van der Waals surface area contributed by atoms with Crippen molar-refractivity contribution in [2.45, 2.75) is 31.0 Å². The van der Waals surface area contributed by atoms with Gasteiger partial charge in [-0.05, 0) is 24.0 Å². The van der Waals surface area contributed by atoms with E-state index in [0.717, 1.165) is 30.2 Å². The molecule has 0 fully saturated rings. The van der Waals surface area contributed by atoms with E-state index >= 15 is 0 Å². The fourth-order valence-corrected chi connectivity index (χ4v) is 3.51. The second-order valence-electron chi connectivity index (χ2n) is 4.85. The molecule has 0 saturated carbocycles. The van der Waals surface area contributed by atoms with Crippen LogP contribution in [0.4, 0.5) is 13.2 Å². The summed E-state index contributed by atoms with van der Waals surface area (Å²) in [6, 6.07) is 7.75. The second-order valence-corrected chi connectivity index (χ2v) is 5.92. The Bertz CT molecular complexity index is 623. The average Bonchev–Trinajstić information content (AvgIpc) is 3.04. The Hall–Kier alpha value is -1.40. The van der Waals surface area contributed by atoms with Gasteiger partial charge in [0.25, 0.3) is 0 Å². The quantitative estimate of drug-likeness (QED) is 0.911. The number of alkyl halides is 3. The van der Waals surface area contributed by atoms with E-state index < -0.39 is 17.3 Å². The van der Waals surface area contributed by atoms with Gasteiger partial charge in [0.05, 0.1) is 11.0 Å². The Morgan fingerprint density at radius 1 is 1.30 bits per heavy atom. The predicted molar refractivity (Wildman–Crippen MR) is 69.6 cm³/mol. The van der Waals surface area contributed by atoms with Gasteiger partial charge >= 0.3 is 6.18 Å². The number of thiazole rings is 1. The van der Waals surface area contributed by atoms with E-state index in [9.17, 15) is 18.3 Å². The highest BCUT2D eigenvalue weighted by atomic mass is 32.1. The highest BCUT2D eigenvalue weighted by Crippen LogP contribution is 2.44. The number of rotatable bonds is 2. The summed E-state index contributed by atoms with van der Waals surface area (Å²) in [5.41, 5.74) is 2.19. The Morgan fingerprint density at radius 3 is 2.75 bits per heavy atom. The van der Waals surface area contributed by atoms with Crippen molar-refractivity contribution < 1.29 is 18.3 Å². The summed E-state index contributed by atoms with van der Waals surface area (Å²) in [5, 5.41) is 9.44. The van der Waals surface area contributed by atoms with Gasteiger partial charge in [-0.2, -0.15) is 13.2 Å². The summed E-state index contributed by atoms with van der Waals surface area (Å²) >= 11 is 0.523. The minimum atomic E-state index is -4.45. The molecule has 1 aromatic carbocycles. The molecule has 3 rings (SSSR count). The van der Waals surface area contributed by atoms with Crippen LogP contribution in [0, 0.1) is 0 Å². The maximum Gasteiger partial charge on any atom is 0.443 e. The van der Waals surface area contributed by atoms with Crippen molar-refractivity contribution in [2.24, 2.45) is 0 Å². The fraction of sp³-hybridized carbons (Fsp3) is 0.357. The van der Waals surface area contributed by atoms with Crippen molar-refractivity contribution in [3.8, 4) is 0 Å². The summed E-state index contributed by atoms with van der Waals surface area (Å²) in [5.74, 6) is -0.146. The minimum Gasteiger partial charge on any atom is -0.387 e. The largest absolute Gasteiger partial charge is 0.443 e. The first kappa shape index (κ1) is 13.6. The molecule has 1 heterocycles. The Kier molecular flexibility index (Phi) is 3.30. The van der Waals surface area contributed by atoms with Crippen LogP contribution in [0.5, 0.6) is 0 Å². The number of hydrogen-bond acceptors (Lipinski definition) is 3. The average molecular weight is 299 g/mol. The Labute approximate surface area is 117 Å². The third kappa shape index (κ3) is 2.33. The van der Waals surface area contributed by atoms with Crippen LogP contribution in [0.1, 0.15) is 39.5 Å². The van der Waals surface area contributed by atoms with Gasteiger partial charge in [-0.25, -0.2) is 4.98 Å². The molecule has 0 radical (unpaired) electrons. The molecule has 1 aliphatic carbocycles. The van der Waals surface area contributed by atoms with Crippen molar-refractivity contribution in [1.29, 1.82) is 0 Å². The lowest BCUT2D eigenvalue weighted by molar-refractivity contribution is -0.137. The number of aryl methyl sites for hydroxylation is 1. The molecular formula is C14H12F3NOS. The highest BCUT2D eigenvalue weighted by Gasteiger charge is 2.37. The number of aromatic nitrogens is 1. The van der Waals surface area contributed by atoms with Crippen LogP contribution in [-0.2, 0) is 12.6 Å². The molecule has 20 heavy (non-hydrogen) atoms. The smallest absolute Gasteiger partial charge is 0.387 e. The maximum absolute atomic E-state index is 12.5. The molecule has 1 N–H and O–H groups in total. The van der Waals surface area contributed by atoms with Gasteiger partial charge in [0.1, 0.15) is 0 Å². The molecule has 2 aromatic rings. The number of hydrogen-bond donors (Lipinski definition) is 1. The lowest BCUT2D eigenvalue weighted by Gasteiger charge is -2.17. The van der Waals surface area contributed by atoms with Gasteiger partial charge < -0.3 is 5.11 Å². The van der Waals surface area contributed by atoms with Crippen molar-refractivity contribution in [3.05, 3.63) is 51.5 Å². The van der Waals surface area contributed by atoms with Crippen LogP contribution in [-0.4, -0.2) is 10.1 Å². The molecule has 0 saturated heterocycles. The van der Waals surface area contributed by atoms with E-state index in [1.165, 1.54) is 0 Å². The molecule has 0 spiro atoms. The third-order valence-corrected chi connectivity index (χ3v) is 4.73. The summed E-state index contributed by atoms with van der Waals surface area (Å²) < 4.78 is 37.6. The molecule has 106 valence electrons. The maximum atomic E-state index is 12.5. The molecule has 1 aliphatic rings. The van der Waals surface area contributed by atoms with Crippen LogP contribution >= 0.6 is 11.3 Å². The van der Waals surface area contributed by atoms with Gasteiger partial charge in [0, 0.05) is 12.1 Å². The van der Waals surface area contributed by atoms with E-state index in [-0.39, 0.29) is 10.8 Å². The lowest BCUT2D eigenvalue weighted by atomic mass is 9.95. The zero-order chi connectivity index (χ0) is 14.3. The van der Waals surface area contributed by atoms with Gasteiger partial charge in [-0.1, -0.05) is 24.3 Å². The zero-order valence-electron chi connectivity index (χ0n) is 10.4. The van der Waals surface area contributed by atoms with E-state index in [0.29, 0.717) is 11.3 Å². The van der Waals surface area contributed by atoms with Crippen molar-refractivity contribution in [3.63, 3.8) is 0 Å². The first-order valence-corrected chi connectivity index (χ1v) is 7.07. The number of fused-ring (bicyclic) bond motifs is 1. The number of aliphatic hydroxyl groups is 1. The summed E-state index contributed by atoms with van der Waals surface area (Å²) in [4.78, 5) is 3.65. The first-order valence-electron chi connectivity index (χ1n) is 6.25. The Morgan fingerprint density at radius 2 is 2.05 bits per heavy atom. The van der Waals surface area contributed by atoms with Crippen LogP contribution in [0.3, 0.4) is 0 Å². The van der Waals surface area contributed by atoms with Crippen LogP contribution in [0.15, 0.2) is 30.5 Å². The Balaban J connectivity index is 1.87. The second kappa shape index (κ2) is 4.86. The molecule has 2 atom stereocenters. The normalized spacial score (nSPS) is 19.9. The molecule has 1 aromatic heterocycles. The minimum absolute atomic E-state index is 0.146. The van der Waals surface area contributed by atoms with Crippen LogP contribution < -0.4 is 0 Å². The number of halogens is 3. The molecule has 2 unspecified atom stereocenters. The first-order chi connectivity index (χ1) is 9.47. The van der Waals surface area contributed by atoms with Crippen molar-refractivity contribution in [2.75, 3.05) is 0 Å². The van der Waals surface area contributed by atoms with Gasteiger partial charge in [0.2, 0.25) is 0 Å². The summed E-state index contributed by atoms with van der Waals surface area (Å²) in [7, 11) is 0. The lowest BCUT2D eigenvalue weighted by Crippen LogP contribution is -2.06. The topological polar surface area (TPSA) is 33.1 Å². The van der Waals surface area contributed by atoms with E-state index in [1.807, 2.05) is 24.3 Å². The third-order valence-electron chi connectivity index (χ3n) is 3.62. The predicted octanol–water partition coefficient (Wildman–Crippen LogP) is 3.93. The molecular weight excluding hydrogens is 287 g/mol. The number of aliphatic hydroxyl groups excluding tert-OH is 1. The molecule has 0 aliphatic heterocycles. The van der Waals surface area contributed by atoms with Crippen molar-refractivity contribution >= 4 is 11.3 Å². The standard InChI is InChI=1S/C14H12F3NOS/c15-14(16,17)13-18-7-11(20-13)12(19)10-6-5-8-3-1-2-4-9(8)10/h1-4,7,10,12,19H,5-6H2. The van der Waals surface area contributed by atoms with Gasteiger partial charge in [0.15, 0.2) is 5.01 Å². The molecule has 6 heteroatoms. The SMILES string of the molecule is OC(c1cnc(C(F)(F)F)s1)C1CCc2ccccc21. The van der Waals surface area contributed by atoms with Crippen LogP contribution in [0.2, 0.25) is 0 Å². The monoisotopic (exact) mass is 299 g/mol. The van der Waals surface area contributed by atoms with E-state index in [4.69, 9.17) is 0 Å². The fourth-order valence-electron chi connectivity index (χ4n) is 2.67. The van der Waals surface area contributed by atoms with Crippen LogP contribution in [0.25, 0.3) is 0 Å². The van der Waals surface area contributed by atoms with Gasteiger partial charge in [-0.3, -0.25) is 0 Å². The summed E-state index contributed by atoms with van der Waals surface area (Å²) in [6.07, 6.45) is -2.63. The zero-order valence-corrected chi connectivity index (χ0v) is 11.2. The van der Waals surface area contributed by atoms with E-state index in [2.05, 4.69) is 4.98 Å². The highest BCUT2D eigenvalue weighted by molar-refractivity contribution is 7.11. The molecule has 2 nitrogen and oxygen atoms in total. The molecule has 0 amide bonds. The van der Waals surface area contributed by atoms with E-state index in [1.54, 1.807) is 0 Å². The number of nitrogens with zero attached hydrogens (tertiary/aromatic N) is 1. The number of benzene rings is 1. The van der Waals surface area contributed by atoms with Crippen molar-refractivity contribution in [1.82, 2.24) is 4.98 Å². The van der Waals surface area contributed by atoms with Gasteiger partial charge in [-0.15, -0.1) is 11.3 Å².